The van der Waals surface area contributed by atoms with Gasteiger partial charge < -0.3 is 20.7 Å². The van der Waals surface area contributed by atoms with Crippen LogP contribution in [0.4, 0.5) is 17.2 Å². The van der Waals surface area contributed by atoms with E-state index in [1.807, 2.05) is 0 Å². The van der Waals surface area contributed by atoms with Gasteiger partial charge in [-0.15, -0.1) is 0 Å². The van der Waals surface area contributed by atoms with Gasteiger partial charge in [-0.1, -0.05) is 0 Å². The van der Waals surface area contributed by atoms with Crippen LogP contribution in [0.25, 0.3) is 0 Å². The lowest BCUT2D eigenvalue weighted by Gasteiger charge is -2.23. The second-order valence-corrected chi connectivity index (χ2v) is 6.27. The number of ether oxygens (including phenoxy) is 1. The first-order valence-corrected chi connectivity index (χ1v) is 8.24. The lowest BCUT2D eigenvalue weighted by atomic mass is 10.2. The molecule has 1 aliphatic carbocycles. The molecule has 1 fully saturated rings. The van der Waals surface area contributed by atoms with Gasteiger partial charge in [-0.25, -0.2) is 4.98 Å². The van der Waals surface area contributed by atoms with Gasteiger partial charge in [-0.05, 0) is 50.1 Å². The summed E-state index contributed by atoms with van der Waals surface area (Å²) in [4.78, 5) is 28.3. The van der Waals surface area contributed by atoms with Gasteiger partial charge in [0.1, 0.15) is 11.6 Å². The third-order valence-corrected chi connectivity index (χ3v) is 4.12. The molecular formula is C18H18N4O3. The first-order valence-electron chi connectivity index (χ1n) is 8.24. The van der Waals surface area contributed by atoms with E-state index in [1.165, 1.54) is 12.8 Å². The molecule has 1 aromatic carbocycles. The fourth-order valence-electron chi connectivity index (χ4n) is 2.54. The molecule has 0 radical (unpaired) electrons. The fourth-order valence-corrected chi connectivity index (χ4v) is 2.54. The van der Waals surface area contributed by atoms with Crippen molar-refractivity contribution in [3.63, 3.8) is 0 Å². The number of carbonyl (C=O) groups is 2. The number of hydrogen-bond donors (Lipinski definition) is 3. The van der Waals surface area contributed by atoms with Crippen LogP contribution >= 0.6 is 0 Å². The Balaban J connectivity index is 1.45. The summed E-state index contributed by atoms with van der Waals surface area (Å²) in [6.45, 7) is 1.68. The highest BCUT2D eigenvalue weighted by atomic mass is 16.5. The van der Waals surface area contributed by atoms with Crippen LogP contribution in [0, 0.1) is 0 Å². The number of rotatable bonds is 4. The number of pyridine rings is 1. The summed E-state index contributed by atoms with van der Waals surface area (Å²) in [7, 11) is 0. The molecule has 4 rings (SSSR count). The molecule has 0 saturated heterocycles. The quantitative estimate of drug-likeness (QED) is 0.797. The molecule has 25 heavy (non-hydrogen) atoms. The second kappa shape index (κ2) is 6.08. The first kappa shape index (κ1) is 15.4. The first-order chi connectivity index (χ1) is 12.1. The predicted octanol–water partition coefficient (Wildman–Crippen LogP) is 2.63. The molecule has 1 saturated carbocycles. The molecule has 7 nitrogen and oxygen atoms in total. The van der Waals surface area contributed by atoms with E-state index in [1.54, 1.807) is 43.5 Å². The van der Waals surface area contributed by atoms with Crippen LogP contribution in [0.3, 0.4) is 0 Å². The molecule has 2 amide bonds. The molecule has 128 valence electrons. The zero-order valence-electron chi connectivity index (χ0n) is 13.7. The molecule has 7 heteroatoms. The van der Waals surface area contributed by atoms with Crippen LogP contribution in [0.1, 0.15) is 30.1 Å². The maximum absolute atomic E-state index is 12.4. The maximum atomic E-state index is 12.4. The topological polar surface area (TPSA) is 92.3 Å². The van der Waals surface area contributed by atoms with Gasteiger partial charge in [-0.3, -0.25) is 9.59 Å². The molecule has 2 aliphatic rings. The summed E-state index contributed by atoms with van der Waals surface area (Å²) in [6.07, 6.45) is 3.36. The summed E-state index contributed by atoms with van der Waals surface area (Å²) in [6, 6.07) is 9.18. The molecule has 3 N–H and O–H groups in total. The van der Waals surface area contributed by atoms with E-state index < -0.39 is 6.10 Å². The van der Waals surface area contributed by atoms with Crippen molar-refractivity contribution < 1.29 is 14.3 Å². The molecule has 0 unspecified atom stereocenters. The highest BCUT2D eigenvalue weighted by molar-refractivity contribution is 6.05. The number of anilines is 3. The minimum atomic E-state index is -0.526. The van der Waals surface area contributed by atoms with Crippen LogP contribution < -0.4 is 20.7 Å². The number of benzene rings is 1. The highest BCUT2D eigenvalue weighted by Crippen LogP contribution is 2.32. The number of hydrogen-bond acceptors (Lipinski definition) is 5. The van der Waals surface area contributed by atoms with Gasteiger partial charge in [0, 0.05) is 17.9 Å². The van der Waals surface area contributed by atoms with Crippen LogP contribution in [-0.4, -0.2) is 28.9 Å². The van der Waals surface area contributed by atoms with Gasteiger partial charge in [0.25, 0.3) is 11.8 Å². The summed E-state index contributed by atoms with van der Waals surface area (Å²) >= 11 is 0. The molecule has 1 atom stereocenters. The number of fused-ring (bicyclic) bond motifs is 1. The molecule has 2 heterocycles. The van der Waals surface area contributed by atoms with Gasteiger partial charge in [-0.2, -0.15) is 0 Å². The largest absolute Gasteiger partial charge is 0.479 e. The molecule has 0 bridgehead atoms. The minimum Gasteiger partial charge on any atom is -0.479 e. The normalized spacial score (nSPS) is 18.6. The standard InChI is InChI=1S/C18H18N4O3/c1-10-17(23)22-14-8-13(5-6-15(14)25-10)21-18(24)11-2-7-16(19-9-11)20-12-3-4-12/h2,5-10,12H,3-4H2,1H3,(H,19,20)(H,21,24)(H,22,23)/t10-/m1/s1. The molecule has 2 aromatic rings. The van der Waals surface area contributed by atoms with Gasteiger partial charge in [0.05, 0.1) is 11.3 Å². The second-order valence-electron chi connectivity index (χ2n) is 6.27. The summed E-state index contributed by atoms with van der Waals surface area (Å²) < 4.78 is 5.50. The van der Waals surface area contributed by atoms with Crippen LogP contribution in [0.2, 0.25) is 0 Å². The Morgan fingerprint density at radius 2 is 2.12 bits per heavy atom. The third-order valence-electron chi connectivity index (χ3n) is 4.12. The van der Waals surface area contributed by atoms with Crippen LogP contribution in [0.15, 0.2) is 36.5 Å². The smallest absolute Gasteiger partial charge is 0.265 e. The Morgan fingerprint density at radius 3 is 2.84 bits per heavy atom. The average Bonchev–Trinajstić information content (AvgIpc) is 3.41. The van der Waals surface area contributed by atoms with E-state index in [4.69, 9.17) is 4.74 Å². The summed E-state index contributed by atoms with van der Waals surface area (Å²) in [5.41, 5.74) is 1.58. The van der Waals surface area contributed by atoms with Crippen molar-refractivity contribution in [2.75, 3.05) is 16.0 Å². The van der Waals surface area contributed by atoms with Gasteiger partial charge in [0.15, 0.2) is 6.10 Å². The van der Waals surface area contributed by atoms with Crippen molar-refractivity contribution in [1.29, 1.82) is 0 Å². The summed E-state index contributed by atoms with van der Waals surface area (Å²) in [5, 5.41) is 8.84. The fraction of sp³-hybridized carbons (Fsp3) is 0.278. The van der Waals surface area contributed by atoms with Crippen LogP contribution in [0.5, 0.6) is 5.75 Å². The van der Waals surface area contributed by atoms with E-state index in [0.717, 1.165) is 5.82 Å². The van der Waals surface area contributed by atoms with Crippen LogP contribution in [-0.2, 0) is 4.79 Å². The number of amides is 2. The molecule has 1 aromatic heterocycles. The Morgan fingerprint density at radius 1 is 1.28 bits per heavy atom. The minimum absolute atomic E-state index is 0.209. The lowest BCUT2D eigenvalue weighted by Crippen LogP contribution is -2.34. The van der Waals surface area contributed by atoms with Crippen molar-refractivity contribution in [2.45, 2.75) is 31.9 Å². The van der Waals surface area contributed by atoms with Gasteiger partial charge >= 0.3 is 0 Å². The SMILES string of the molecule is C[C@H]1Oc2ccc(NC(=O)c3ccc(NC4CC4)nc3)cc2NC1=O. The van der Waals surface area contributed by atoms with Crippen molar-refractivity contribution >= 4 is 29.0 Å². The predicted molar refractivity (Wildman–Crippen MR) is 94.0 cm³/mol. The Kier molecular flexibility index (Phi) is 3.76. The number of nitrogens with zero attached hydrogens (tertiary/aromatic N) is 1. The zero-order valence-corrected chi connectivity index (χ0v) is 13.7. The van der Waals surface area contributed by atoms with E-state index in [0.29, 0.717) is 28.7 Å². The number of nitrogens with one attached hydrogen (secondary N) is 3. The summed E-state index contributed by atoms with van der Waals surface area (Å²) in [5.74, 6) is 0.893. The Labute approximate surface area is 144 Å². The average molecular weight is 338 g/mol. The highest BCUT2D eigenvalue weighted by Gasteiger charge is 2.24. The van der Waals surface area contributed by atoms with E-state index >= 15 is 0 Å². The van der Waals surface area contributed by atoms with E-state index in [2.05, 4.69) is 20.9 Å². The van der Waals surface area contributed by atoms with Crippen molar-refractivity contribution in [2.24, 2.45) is 0 Å². The molecular weight excluding hydrogens is 320 g/mol. The zero-order chi connectivity index (χ0) is 17.4. The monoisotopic (exact) mass is 338 g/mol. The number of aromatic nitrogens is 1. The lowest BCUT2D eigenvalue weighted by molar-refractivity contribution is -0.122. The Hall–Kier alpha value is -3.09. The maximum Gasteiger partial charge on any atom is 0.265 e. The van der Waals surface area contributed by atoms with Crippen molar-refractivity contribution in [3.8, 4) is 5.75 Å². The van der Waals surface area contributed by atoms with Crippen molar-refractivity contribution in [1.82, 2.24) is 4.98 Å². The molecule has 1 aliphatic heterocycles. The molecule has 0 spiro atoms. The van der Waals surface area contributed by atoms with E-state index in [9.17, 15) is 9.59 Å². The van der Waals surface area contributed by atoms with E-state index in [-0.39, 0.29) is 11.8 Å². The number of carbonyl (C=O) groups excluding carboxylic acids is 2. The Bertz CT molecular complexity index is 831. The van der Waals surface area contributed by atoms with Gasteiger partial charge in [0.2, 0.25) is 0 Å². The third kappa shape index (κ3) is 3.40. The van der Waals surface area contributed by atoms with Crippen molar-refractivity contribution in [3.05, 3.63) is 42.1 Å².